The molecule has 0 atom stereocenters. The zero-order valence-corrected chi connectivity index (χ0v) is 12.5. The normalized spacial score (nSPS) is 10.5. The van der Waals surface area contributed by atoms with Gasteiger partial charge in [-0.1, -0.05) is 0 Å². The van der Waals surface area contributed by atoms with E-state index in [4.69, 9.17) is 4.74 Å². The Hall–Kier alpha value is -1.52. The van der Waals surface area contributed by atoms with Crippen molar-refractivity contribution in [2.45, 2.75) is 13.1 Å². The Morgan fingerprint density at radius 2 is 1.79 bits per heavy atom. The van der Waals surface area contributed by atoms with Gasteiger partial charge in [0.1, 0.15) is 5.75 Å². The fraction of sp³-hybridized carbons (Fsp3) is 0.333. The lowest BCUT2D eigenvalue weighted by atomic mass is 10.2. The molecular weight excluding hydrogens is 256 g/mol. The fourth-order valence-corrected chi connectivity index (χ4v) is 3.02. The van der Waals surface area contributed by atoms with Crippen molar-refractivity contribution in [1.82, 2.24) is 5.32 Å². The highest BCUT2D eigenvalue weighted by Gasteiger charge is 2.05. The molecule has 0 spiro atoms. The summed E-state index contributed by atoms with van der Waals surface area (Å²) in [6.07, 6.45) is 0. The maximum Gasteiger partial charge on any atom is 0.119 e. The van der Waals surface area contributed by atoms with Gasteiger partial charge in [-0.25, -0.2) is 0 Å². The molecule has 0 aliphatic heterocycles. The molecule has 4 heteroatoms. The van der Waals surface area contributed by atoms with Crippen LogP contribution in [0.25, 0.3) is 0 Å². The van der Waals surface area contributed by atoms with Gasteiger partial charge in [0.2, 0.25) is 0 Å². The van der Waals surface area contributed by atoms with Crippen molar-refractivity contribution in [2.75, 3.05) is 26.1 Å². The molecule has 102 valence electrons. The first-order valence-electron chi connectivity index (χ1n) is 6.30. The first kappa shape index (κ1) is 13.9. The van der Waals surface area contributed by atoms with Crippen LogP contribution in [0.3, 0.4) is 0 Å². The predicted octanol–water partition coefficient (Wildman–Crippen LogP) is 3.11. The first-order chi connectivity index (χ1) is 9.22. The van der Waals surface area contributed by atoms with Crippen molar-refractivity contribution in [1.29, 1.82) is 0 Å². The fourth-order valence-electron chi connectivity index (χ4n) is 1.94. The largest absolute Gasteiger partial charge is 0.497 e. The maximum atomic E-state index is 5.17. The van der Waals surface area contributed by atoms with Gasteiger partial charge in [0.05, 0.1) is 13.7 Å². The molecule has 1 aromatic heterocycles. The lowest BCUT2D eigenvalue weighted by molar-refractivity contribution is 0.415. The Morgan fingerprint density at radius 3 is 2.42 bits per heavy atom. The van der Waals surface area contributed by atoms with Crippen molar-refractivity contribution >= 4 is 17.0 Å². The molecule has 0 radical (unpaired) electrons. The molecule has 1 N–H and O–H groups in total. The van der Waals surface area contributed by atoms with Crippen LogP contribution in [0.15, 0.2) is 36.4 Å². The van der Waals surface area contributed by atoms with E-state index in [-0.39, 0.29) is 0 Å². The van der Waals surface area contributed by atoms with Gasteiger partial charge in [-0.3, -0.25) is 0 Å². The van der Waals surface area contributed by atoms with Crippen LogP contribution in [0.5, 0.6) is 5.75 Å². The third kappa shape index (κ3) is 3.72. The van der Waals surface area contributed by atoms with E-state index in [0.717, 1.165) is 18.8 Å². The Balaban J connectivity index is 2.00. The summed E-state index contributed by atoms with van der Waals surface area (Å²) < 4.78 is 5.17. The average Bonchev–Trinajstić information content (AvgIpc) is 2.86. The van der Waals surface area contributed by atoms with Crippen molar-refractivity contribution in [2.24, 2.45) is 0 Å². The molecule has 0 fully saturated rings. The van der Waals surface area contributed by atoms with Gasteiger partial charge in [0, 0.05) is 29.0 Å². The summed E-state index contributed by atoms with van der Waals surface area (Å²) in [6.45, 7) is 1.87. The van der Waals surface area contributed by atoms with Crippen LogP contribution in [0.4, 0.5) is 5.69 Å². The van der Waals surface area contributed by atoms with Crippen LogP contribution in [-0.2, 0) is 13.1 Å². The summed E-state index contributed by atoms with van der Waals surface area (Å²) in [5.41, 5.74) is 1.20. The number of anilines is 1. The van der Waals surface area contributed by atoms with Crippen LogP contribution < -0.4 is 15.0 Å². The van der Waals surface area contributed by atoms with Gasteiger partial charge in [-0.15, -0.1) is 11.3 Å². The van der Waals surface area contributed by atoms with Gasteiger partial charge in [-0.2, -0.15) is 0 Å². The van der Waals surface area contributed by atoms with Gasteiger partial charge in [-0.05, 0) is 43.4 Å². The third-order valence-electron chi connectivity index (χ3n) is 2.97. The minimum Gasteiger partial charge on any atom is -0.497 e. The van der Waals surface area contributed by atoms with E-state index in [9.17, 15) is 0 Å². The lowest BCUT2D eigenvalue weighted by Crippen LogP contribution is -2.15. The number of rotatable bonds is 6. The second-order valence-corrected chi connectivity index (χ2v) is 5.71. The van der Waals surface area contributed by atoms with Crippen LogP contribution in [0, 0.1) is 0 Å². The number of ether oxygens (including phenoxy) is 1. The number of benzene rings is 1. The van der Waals surface area contributed by atoms with E-state index in [1.807, 2.05) is 30.5 Å². The molecule has 19 heavy (non-hydrogen) atoms. The molecule has 0 amide bonds. The van der Waals surface area contributed by atoms with E-state index in [0.29, 0.717) is 0 Å². The zero-order valence-electron chi connectivity index (χ0n) is 11.6. The number of hydrogen-bond acceptors (Lipinski definition) is 4. The number of nitrogens with one attached hydrogen (secondary N) is 1. The van der Waals surface area contributed by atoms with E-state index in [1.165, 1.54) is 15.4 Å². The molecule has 0 saturated heterocycles. The molecule has 1 aromatic carbocycles. The Labute approximate surface area is 118 Å². The second-order valence-electron chi connectivity index (χ2n) is 4.45. The lowest BCUT2D eigenvalue weighted by Gasteiger charge is -2.18. The summed E-state index contributed by atoms with van der Waals surface area (Å²) in [4.78, 5) is 5.00. The van der Waals surface area contributed by atoms with E-state index in [1.54, 1.807) is 7.11 Å². The molecule has 0 bridgehead atoms. The topological polar surface area (TPSA) is 24.5 Å². The smallest absolute Gasteiger partial charge is 0.119 e. The van der Waals surface area contributed by atoms with E-state index >= 15 is 0 Å². The van der Waals surface area contributed by atoms with Crippen molar-refractivity contribution in [3.8, 4) is 5.75 Å². The van der Waals surface area contributed by atoms with Crippen molar-refractivity contribution in [3.05, 3.63) is 46.2 Å². The van der Waals surface area contributed by atoms with Gasteiger partial charge in [0.15, 0.2) is 0 Å². The SMILES string of the molecule is CNCc1ccc(CN(C)c2ccc(OC)cc2)s1. The molecule has 2 rings (SSSR count). The monoisotopic (exact) mass is 276 g/mol. The molecule has 1 heterocycles. The summed E-state index contributed by atoms with van der Waals surface area (Å²) in [6, 6.07) is 12.6. The quantitative estimate of drug-likeness (QED) is 0.877. The summed E-state index contributed by atoms with van der Waals surface area (Å²) >= 11 is 1.86. The summed E-state index contributed by atoms with van der Waals surface area (Å²) in [5.74, 6) is 0.893. The van der Waals surface area contributed by atoms with Crippen LogP contribution in [0.2, 0.25) is 0 Å². The molecule has 2 aromatic rings. The highest BCUT2D eigenvalue weighted by Crippen LogP contribution is 2.23. The maximum absolute atomic E-state index is 5.17. The predicted molar refractivity (Wildman–Crippen MR) is 82.2 cm³/mol. The number of methoxy groups -OCH3 is 1. The average molecular weight is 276 g/mol. The van der Waals surface area contributed by atoms with Crippen LogP contribution in [0.1, 0.15) is 9.75 Å². The molecule has 0 unspecified atom stereocenters. The summed E-state index contributed by atoms with van der Waals surface area (Å²) in [5, 5.41) is 3.18. The Kier molecular flexibility index (Phi) is 4.82. The first-order valence-corrected chi connectivity index (χ1v) is 7.12. The molecule has 0 aliphatic rings. The van der Waals surface area contributed by atoms with Gasteiger partial charge in [0.25, 0.3) is 0 Å². The standard InChI is InChI=1S/C15H20N2OS/c1-16-10-14-8-9-15(19-14)11-17(2)12-4-6-13(18-3)7-5-12/h4-9,16H,10-11H2,1-3H3. The highest BCUT2D eigenvalue weighted by molar-refractivity contribution is 7.12. The van der Waals surface area contributed by atoms with E-state index < -0.39 is 0 Å². The second kappa shape index (κ2) is 6.59. The van der Waals surface area contributed by atoms with Crippen LogP contribution >= 0.6 is 11.3 Å². The third-order valence-corrected chi connectivity index (χ3v) is 4.04. The van der Waals surface area contributed by atoms with Crippen LogP contribution in [-0.4, -0.2) is 21.2 Å². The van der Waals surface area contributed by atoms with Gasteiger partial charge >= 0.3 is 0 Å². The highest BCUT2D eigenvalue weighted by atomic mass is 32.1. The van der Waals surface area contributed by atoms with Crippen molar-refractivity contribution in [3.63, 3.8) is 0 Å². The molecule has 3 nitrogen and oxygen atoms in total. The van der Waals surface area contributed by atoms with E-state index in [2.05, 4.69) is 41.5 Å². The zero-order chi connectivity index (χ0) is 13.7. The number of nitrogens with zero attached hydrogens (tertiary/aromatic N) is 1. The Bertz CT molecular complexity index is 507. The molecule has 0 saturated carbocycles. The molecular formula is C15H20N2OS. The van der Waals surface area contributed by atoms with Crippen molar-refractivity contribution < 1.29 is 4.74 Å². The number of thiophene rings is 1. The van der Waals surface area contributed by atoms with Gasteiger partial charge < -0.3 is 15.0 Å². The summed E-state index contributed by atoms with van der Waals surface area (Å²) in [7, 11) is 5.77. The Morgan fingerprint density at radius 1 is 1.11 bits per heavy atom. The minimum atomic E-state index is 0.893. The minimum absolute atomic E-state index is 0.893. The number of hydrogen-bond donors (Lipinski definition) is 1. The molecule has 0 aliphatic carbocycles.